The molecule has 0 aromatic heterocycles. The highest BCUT2D eigenvalue weighted by Crippen LogP contribution is 2.27. The molecule has 1 aliphatic rings. The van der Waals surface area contributed by atoms with Crippen LogP contribution in [0.15, 0.2) is 18.2 Å². The smallest absolute Gasteiger partial charge is 0.415 e. The second kappa shape index (κ2) is 4.46. The number of rotatable bonds is 1. The first kappa shape index (κ1) is 11.5. The molecule has 17 heavy (non-hydrogen) atoms. The highest BCUT2D eigenvalue weighted by molar-refractivity contribution is 5.90. The minimum absolute atomic E-state index is 0.318. The van der Waals surface area contributed by atoms with E-state index < -0.39 is 12.1 Å². The number of amides is 1. The molecule has 1 heterocycles. The summed E-state index contributed by atoms with van der Waals surface area (Å²) in [4.78, 5) is 13.2. The lowest BCUT2D eigenvalue weighted by Gasteiger charge is -2.31. The summed E-state index contributed by atoms with van der Waals surface area (Å²) in [6, 6.07) is 7.56. The van der Waals surface area contributed by atoms with Crippen molar-refractivity contribution in [2.75, 3.05) is 11.5 Å². The Kier molecular flexibility index (Phi) is 3.01. The Morgan fingerprint density at radius 2 is 2.24 bits per heavy atom. The van der Waals surface area contributed by atoms with E-state index >= 15 is 0 Å². The van der Waals surface area contributed by atoms with Crippen molar-refractivity contribution in [1.82, 2.24) is 0 Å². The van der Waals surface area contributed by atoms with Crippen molar-refractivity contribution in [1.29, 1.82) is 5.26 Å². The van der Waals surface area contributed by atoms with Gasteiger partial charge in [0.25, 0.3) is 0 Å². The first-order valence-electron chi connectivity index (χ1n) is 5.56. The molecule has 1 aliphatic heterocycles. The van der Waals surface area contributed by atoms with E-state index in [1.807, 2.05) is 32.0 Å². The van der Waals surface area contributed by atoms with Crippen molar-refractivity contribution < 1.29 is 9.53 Å². The van der Waals surface area contributed by atoms with Crippen molar-refractivity contribution >= 4 is 11.8 Å². The first-order valence-corrected chi connectivity index (χ1v) is 5.56. The Balaban J connectivity index is 2.45. The maximum absolute atomic E-state index is 11.8. The van der Waals surface area contributed by atoms with Gasteiger partial charge in [-0.1, -0.05) is 12.1 Å². The summed E-state index contributed by atoms with van der Waals surface area (Å²) in [6.45, 7) is 4.20. The molecule has 2 rings (SSSR count). The standard InChI is InChI=1S/C13H14N2O2/c1-9-3-4-10(2)12(7-9)15-11(8-14)5-6-17-13(15)16/h3-4,7,11H,5-6H2,1-2H3. The number of anilines is 1. The summed E-state index contributed by atoms with van der Waals surface area (Å²) in [5.41, 5.74) is 2.79. The van der Waals surface area contributed by atoms with E-state index in [4.69, 9.17) is 10.00 Å². The largest absolute Gasteiger partial charge is 0.449 e. The van der Waals surface area contributed by atoms with E-state index in [1.165, 1.54) is 4.90 Å². The van der Waals surface area contributed by atoms with E-state index in [0.717, 1.165) is 16.8 Å². The Morgan fingerprint density at radius 3 is 2.94 bits per heavy atom. The zero-order valence-electron chi connectivity index (χ0n) is 9.93. The number of hydrogen-bond acceptors (Lipinski definition) is 3. The van der Waals surface area contributed by atoms with Gasteiger partial charge in [-0.3, -0.25) is 4.90 Å². The highest BCUT2D eigenvalue weighted by atomic mass is 16.6. The van der Waals surface area contributed by atoms with E-state index in [-0.39, 0.29) is 0 Å². The third kappa shape index (κ3) is 2.09. The van der Waals surface area contributed by atoms with Crippen molar-refractivity contribution in [3.63, 3.8) is 0 Å². The molecule has 1 aromatic carbocycles. The summed E-state index contributed by atoms with van der Waals surface area (Å²) in [6.07, 6.45) is 0.117. The van der Waals surface area contributed by atoms with E-state index in [2.05, 4.69) is 6.07 Å². The van der Waals surface area contributed by atoms with Crippen LogP contribution in [-0.2, 0) is 4.74 Å². The minimum atomic E-state index is -0.434. The summed E-state index contributed by atoms with van der Waals surface area (Å²) in [5, 5.41) is 9.10. The quantitative estimate of drug-likeness (QED) is 0.745. The summed E-state index contributed by atoms with van der Waals surface area (Å²) < 4.78 is 5.01. The van der Waals surface area contributed by atoms with Crippen LogP contribution in [0.3, 0.4) is 0 Å². The van der Waals surface area contributed by atoms with E-state index in [0.29, 0.717) is 13.0 Å². The molecule has 1 atom stereocenters. The van der Waals surface area contributed by atoms with E-state index in [9.17, 15) is 4.79 Å². The number of carbonyl (C=O) groups is 1. The van der Waals surface area contributed by atoms with Crippen LogP contribution in [0.4, 0.5) is 10.5 Å². The monoisotopic (exact) mass is 230 g/mol. The summed E-state index contributed by atoms with van der Waals surface area (Å²) in [7, 11) is 0. The van der Waals surface area contributed by atoms with Crippen molar-refractivity contribution in [3.8, 4) is 6.07 Å². The zero-order chi connectivity index (χ0) is 12.4. The van der Waals surface area contributed by atoms with Crippen molar-refractivity contribution in [2.45, 2.75) is 26.3 Å². The van der Waals surface area contributed by atoms with Gasteiger partial charge in [-0.25, -0.2) is 4.79 Å². The first-order chi connectivity index (χ1) is 8.13. The second-order valence-electron chi connectivity index (χ2n) is 4.21. The third-order valence-electron chi connectivity index (χ3n) is 2.90. The van der Waals surface area contributed by atoms with Crippen LogP contribution < -0.4 is 4.90 Å². The topological polar surface area (TPSA) is 53.3 Å². The number of hydrogen-bond donors (Lipinski definition) is 0. The van der Waals surface area contributed by atoms with Crippen LogP contribution in [0.2, 0.25) is 0 Å². The predicted octanol–water partition coefficient (Wildman–Crippen LogP) is 2.54. The minimum Gasteiger partial charge on any atom is -0.449 e. The van der Waals surface area contributed by atoms with Gasteiger partial charge >= 0.3 is 6.09 Å². The Hall–Kier alpha value is -2.02. The lowest BCUT2D eigenvalue weighted by molar-refractivity contribution is 0.134. The maximum Gasteiger partial charge on any atom is 0.415 e. The molecule has 0 saturated carbocycles. The summed E-state index contributed by atoms with van der Waals surface area (Å²) in [5.74, 6) is 0. The Morgan fingerprint density at radius 1 is 1.47 bits per heavy atom. The highest BCUT2D eigenvalue weighted by Gasteiger charge is 2.31. The third-order valence-corrected chi connectivity index (χ3v) is 2.90. The van der Waals surface area contributed by atoms with Gasteiger partial charge in [-0.15, -0.1) is 0 Å². The fourth-order valence-electron chi connectivity index (χ4n) is 1.95. The molecular formula is C13H14N2O2. The van der Waals surface area contributed by atoms with Crippen LogP contribution in [0.1, 0.15) is 17.5 Å². The van der Waals surface area contributed by atoms with Gasteiger partial charge in [0.15, 0.2) is 0 Å². The van der Waals surface area contributed by atoms with Crippen molar-refractivity contribution in [3.05, 3.63) is 29.3 Å². The van der Waals surface area contributed by atoms with Gasteiger partial charge in [-0.2, -0.15) is 5.26 Å². The Bertz CT molecular complexity index is 491. The molecule has 0 radical (unpaired) electrons. The van der Waals surface area contributed by atoms with Gasteiger partial charge < -0.3 is 4.74 Å². The number of cyclic esters (lactones) is 1. The number of aryl methyl sites for hydroxylation is 2. The van der Waals surface area contributed by atoms with Gasteiger partial charge in [0.1, 0.15) is 6.04 Å². The molecular weight excluding hydrogens is 216 g/mol. The van der Waals surface area contributed by atoms with Crippen LogP contribution >= 0.6 is 0 Å². The molecule has 0 spiro atoms. The molecule has 1 aromatic rings. The maximum atomic E-state index is 11.8. The zero-order valence-corrected chi connectivity index (χ0v) is 9.93. The van der Waals surface area contributed by atoms with Gasteiger partial charge in [0, 0.05) is 6.42 Å². The molecule has 0 N–H and O–H groups in total. The fourth-order valence-corrected chi connectivity index (χ4v) is 1.95. The average Bonchev–Trinajstić information content (AvgIpc) is 2.32. The second-order valence-corrected chi connectivity index (χ2v) is 4.21. The summed E-state index contributed by atoms with van der Waals surface area (Å²) >= 11 is 0. The number of nitrogens with zero attached hydrogens (tertiary/aromatic N) is 2. The van der Waals surface area contributed by atoms with Crippen LogP contribution in [0.5, 0.6) is 0 Å². The SMILES string of the molecule is Cc1ccc(C)c(N2C(=O)OCCC2C#N)c1. The molecule has 1 unspecified atom stereocenters. The molecule has 0 aliphatic carbocycles. The number of nitriles is 1. The van der Waals surface area contributed by atoms with Crippen LogP contribution in [0, 0.1) is 25.2 Å². The van der Waals surface area contributed by atoms with Gasteiger partial charge in [0.2, 0.25) is 0 Å². The van der Waals surface area contributed by atoms with Gasteiger partial charge in [-0.05, 0) is 31.0 Å². The fraction of sp³-hybridized carbons (Fsp3) is 0.385. The molecule has 1 fully saturated rings. The Labute approximate surface area is 100 Å². The number of ether oxygens (including phenoxy) is 1. The molecule has 88 valence electrons. The molecule has 0 bridgehead atoms. The predicted molar refractivity (Wildman–Crippen MR) is 63.8 cm³/mol. The number of benzene rings is 1. The van der Waals surface area contributed by atoms with Crippen LogP contribution in [0.25, 0.3) is 0 Å². The molecule has 1 amide bonds. The average molecular weight is 230 g/mol. The molecule has 4 heteroatoms. The lowest BCUT2D eigenvalue weighted by Crippen LogP contribution is -2.45. The molecule has 4 nitrogen and oxygen atoms in total. The number of carbonyl (C=O) groups excluding carboxylic acids is 1. The van der Waals surface area contributed by atoms with Crippen LogP contribution in [-0.4, -0.2) is 18.7 Å². The lowest BCUT2D eigenvalue weighted by atomic mass is 10.1. The van der Waals surface area contributed by atoms with Gasteiger partial charge in [0.05, 0.1) is 18.4 Å². The molecule has 1 saturated heterocycles. The van der Waals surface area contributed by atoms with E-state index in [1.54, 1.807) is 0 Å². The van der Waals surface area contributed by atoms with Crippen molar-refractivity contribution in [2.24, 2.45) is 0 Å². The normalized spacial score (nSPS) is 19.7.